The molecule has 0 unspecified atom stereocenters. The topological polar surface area (TPSA) is 41.1 Å². The fourth-order valence-corrected chi connectivity index (χ4v) is 1.76. The van der Waals surface area contributed by atoms with Gasteiger partial charge in [0.1, 0.15) is 0 Å². The van der Waals surface area contributed by atoms with Crippen LogP contribution >= 0.6 is 11.3 Å². The quantitative estimate of drug-likeness (QED) is 0.770. The minimum Gasteiger partial charge on any atom is -0.338 e. The predicted molar refractivity (Wildman–Crippen MR) is 59.7 cm³/mol. The van der Waals surface area contributed by atoms with Crippen LogP contribution in [-0.4, -0.2) is 19.1 Å². The summed E-state index contributed by atoms with van der Waals surface area (Å²) in [5.74, 6) is 0. The summed E-state index contributed by atoms with van der Waals surface area (Å²) < 4.78 is 0. The molecule has 78 valence electrons. The molecule has 2 N–H and O–H groups in total. The average Bonchev–Trinajstić information content (AvgIpc) is 2.67. The number of amides is 2. The number of carbonyl (C=O) groups excluding carboxylic acids is 1. The molecule has 1 rings (SSSR count). The highest BCUT2D eigenvalue weighted by atomic mass is 32.1. The number of hydrogen-bond donors (Lipinski definition) is 2. The van der Waals surface area contributed by atoms with Crippen molar-refractivity contribution in [1.29, 1.82) is 0 Å². The highest BCUT2D eigenvalue weighted by Crippen LogP contribution is 2.07. The van der Waals surface area contributed by atoms with E-state index in [0.717, 1.165) is 19.4 Å². The molecule has 3 nitrogen and oxygen atoms in total. The van der Waals surface area contributed by atoms with Gasteiger partial charge in [0.05, 0.1) is 0 Å². The second-order valence-corrected chi connectivity index (χ2v) is 4.04. The first kappa shape index (κ1) is 11.0. The fraction of sp³-hybridized carbons (Fsp3) is 0.500. The maximum absolute atomic E-state index is 11.1. The molecule has 0 aliphatic rings. The molecule has 1 aromatic heterocycles. The third kappa shape index (κ3) is 4.28. The monoisotopic (exact) mass is 212 g/mol. The first-order chi connectivity index (χ1) is 6.83. The first-order valence-corrected chi connectivity index (χ1v) is 5.75. The Hall–Kier alpha value is -1.03. The van der Waals surface area contributed by atoms with Crippen LogP contribution in [0.25, 0.3) is 0 Å². The van der Waals surface area contributed by atoms with Gasteiger partial charge in [0.15, 0.2) is 0 Å². The molecule has 0 aromatic carbocycles. The molecule has 0 bridgehead atoms. The standard InChI is InChI=1S/C10H16N2OS/c1-2-6-11-10(13)12-7-5-9-4-3-8-14-9/h3-4,8H,2,5-7H2,1H3,(H2,11,12,13). The zero-order valence-electron chi connectivity index (χ0n) is 8.38. The molecule has 0 atom stereocenters. The zero-order chi connectivity index (χ0) is 10.2. The molecule has 4 heteroatoms. The lowest BCUT2D eigenvalue weighted by molar-refractivity contribution is 0.241. The molecule has 0 spiro atoms. The van der Waals surface area contributed by atoms with Crippen molar-refractivity contribution in [2.45, 2.75) is 19.8 Å². The van der Waals surface area contributed by atoms with Gasteiger partial charge in [-0.15, -0.1) is 11.3 Å². The van der Waals surface area contributed by atoms with Crippen LogP contribution in [0.1, 0.15) is 18.2 Å². The Morgan fingerprint density at radius 1 is 1.43 bits per heavy atom. The lowest BCUT2D eigenvalue weighted by Crippen LogP contribution is -2.36. The van der Waals surface area contributed by atoms with E-state index >= 15 is 0 Å². The Balaban J connectivity index is 2.06. The van der Waals surface area contributed by atoms with Gasteiger partial charge in [-0.05, 0) is 24.3 Å². The van der Waals surface area contributed by atoms with Crippen LogP contribution in [0.3, 0.4) is 0 Å². The lowest BCUT2D eigenvalue weighted by atomic mass is 10.3. The van der Waals surface area contributed by atoms with Gasteiger partial charge in [0.25, 0.3) is 0 Å². The van der Waals surface area contributed by atoms with E-state index in [1.807, 2.05) is 18.4 Å². The van der Waals surface area contributed by atoms with Crippen molar-refractivity contribution in [3.05, 3.63) is 22.4 Å². The highest BCUT2D eigenvalue weighted by molar-refractivity contribution is 7.09. The van der Waals surface area contributed by atoms with Crippen molar-refractivity contribution in [1.82, 2.24) is 10.6 Å². The van der Waals surface area contributed by atoms with Crippen LogP contribution in [0.15, 0.2) is 17.5 Å². The van der Waals surface area contributed by atoms with Gasteiger partial charge in [0, 0.05) is 18.0 Å². The second-order valence-electron chi connectivity index (χ2n) is 3.01. The number of urea groups is 1. The molecule has 2 amide bonds. The Labute approximate surface area is 88.5 Å². The van der Waals surface area contributed by atoms with Gasteiger partial charge in [-0.3, -0.25) is 0 Å². The molecular formula is C10H16N2OS. The predicted octanol–water partition coefficient (Wildman–Crippen LogP) is 2.00. The van der Waals surface area contributed by atoms with E-state index < -0.39 is 0 Å². The van der Waals surface area contributed by atoms with E-state index in [1.165, 1.54) is 4.88 Å². The summed E-state index contributed by atoms with van der Waals surface area (Å²) in [5, 5.41) is 7.63. The number of hydrogen-bond acceptors (Lipinski definition) is 2. The Morgan fingerprint density at radius 2 is 2.21 bits per heavy atom. The van der Waals surface area contributed by atoms with Crippen molar-refractivity contribution in [3.8, 4) is 0 Å². The minimum atomic E-state index is -0.0663. The highest BCUT2D eigenvalue weighted by Gasteiger charge is 1.98. The van der Waals surface area contributed by atoms with Gasteiger partial charge in [-0.1, -0.05) is 13.0 Å². The van der Waals surface area contributed by atoms with E-state index in [9.17, 15) is 4.79 Å². The van der Waals surface area contributed by atoms with Gasteiger partial charge in [-0.25, -0.2) is 4.79 Å². The second kappa shape index (κ2) is 6.43. The third-order valence-electron chi connectivity index (χ3n) is 1.77. The summed E-state index contributed by atoms with van der Waals surface area (Å²) in [4.78, 5) is 12.4. The SMILES string of the molecule is CCCNC(=O)NCCc1cccs1. The Bertz CT molecular complexity index is 259. The molecular weight excluding hydrogens is 196 g/mol. The number of rotatable bonds is 5. The summed E-state index contributed by atoms with van der Waals surface area (Å²) in [5.41, 5.74) is 0. The van der Waals surface area contributed by atoms with Crippen molar-refractivity contribution in [2.75, 3.05) is 13.1 Å². The zero-order valence-corrected chi connectivity index (χ0v) is 9.19. The van der Waals surface area contributed by atoms with Crippen molar-refractivity contribution >= 4 is 17.4 Å². The summed E-state index contributed by atoms with van der Waals surface area (Å²) >= 11 is 1.72. The molecule has 1 aromatic rings. The minimum absolute atomic E-state index is 0.0663. The normalized spacial score (nSPS) is 9.79. The van der Waals surface area contributed by atoms with Gasteiger partial charge < -0.3 is 10.6 Å². The molecule has 0 saturated carbocycles. The van der Waals surface area contributed by atoms with Crippen LogP contribution < -0.4 is 10.6 Å². The summed E-state index contributed by atoms with van der Waals surface area (Å²) in [6, 6.07) is 4.04. The van der Waals surface area contributed by atoms with E-state index in [4.69, 9.17) is 0 Å². The molecule has 0 saturated heterocycles. The molecule has 0 fully saturated rings. The average molecular weight is 212 g/mol. The van der Waals surface area contributed by atoms with Crippen LogP contribution in [0.4, 0.5) is 4.79 Å². The van der Waals surface area contributed by atoms with E-state index in [0.29, 0.717) is 6.54 Å². The summed E-state index contributed by atoms with van der Waals surface area (Å²) in [6.45, 7) is 3.48. The summed E-state index contributed by atoms with van der Waals surface area (Å²) in [6.07, 6.45) is 1.88. The van der Waals surface area contributed by atoms with Gasteiger partial charge in [-0.2, -0.15) is 0 Å². The van der Waals surface area contributed by atoms with Crippen molar-refractivity contribution < 1.29 is 4.79 Å². The molecule has 14 heavy (non-hydrogen) atoms. The Morgan fingerprint density at radius 3 is 2.86 bits per heavy atom. The van der Waals surface area contributed by atoms with Crippen molar-refractivity contribution in [3.63, 3.8) is 0 Å². The molecule has 0 aliphatic heterocycles. The van der Waals surface area contributed by atoms with E-state index in [-0.39, 0.29) is 6.03 Å². The lowest BCUT2D eigenvalue weighted by Gasteiger charge is -2.05. The van der Waals surface area contributed by atoms with Crippen molar-refractivity contribution in [2.24, 2.45) is 0 Å². The number of carbonyl (C=O) groups is 1. The first-order valence-electron chi connectivity index (χ1n) is 4.87. The smallest absolute Gasteiger partial charge is 0.314 e. The maximum Gasteiger partial charge on any atom is 0.314 e. The third-order valence-corrected chi connectivity index (χ3v) is 2.71. The van der Waals surface area contributed by atoms with E-state index in [1.54, 1.807) is 11.3 Å². The molecule has 0 aliphatic carbocycles. The largest absolute Gasteiger partial charge is 0.338 e. The van der Waals surface area contributed by atoms with E-state index in [2.05, 4.69) is 16.7 Å². The summed E-state index contributed by atoms with van der Waals surface area (Å²) in [7, 11) is 0. The number of nitrogens with one attached hydrogen (secondary N) is 2. The number of thiophene rings is 1. The molecule has 1 heterocycles. The van der Waals surface area contributed by atoms with Gasteiger partial charge >= 0.3 is 6.03 Å². The van der Waals surface area contributed by atoms with Crippen LogP contribution in [0.5, 0.6) is 0 Å². The van der Waals surface area contributed by atoms with Crippen LogP contribution in [0, 0.1) is 0 Å². The van der Waals surface area contributed by atoms with Gasteiger partial charge in [0.2, 0.25) is 0 Å². The Kier molecular flexibility index (Phi) is 5.07. The molecule has 0 radical (unpaired) electrons. The van der Waals surface area contributed by atoms with Crippen LogP contribution in [0.2, 0.25) is 0 Å². The maximum atomic E-state index is 11.1. The fourth-order valence-electron chi connectivity index (χ4n) is 1.06. The van der Waals surface area contributed by atoms with Crippen LogP contribution in [-0.2, 0) is 6.42 Å².